The van der Waals surface area contributed by atoms with E-state index in [1.165, 1.54) is 17.8 Å². The molecule has 0 spiro atoms. The number of thioether (sulfide) groups is 1. The molecule has 0 bridgehead atoms. The summed E-state index contributed by atoms with van der Waals surface area (Å²) in [4.78, 5) is 31.1. The highest BCUT2D eigenvalue weighted by atomic mass is 32.2. The van der Waals surface area contributed by atoms with Gasteiger partial charge in [-0.15, -0.1) is 0 Å². The van der Waals surface area contributed by atoms with Crippen LogP contribution in [0.5, 0.6) is 11.5 Å². The standard InChI is InChI=1S/C27H27NO5S/c1-19-12-7-6-10-17-28-23(34-19)18-20-13-11-16-22(32-26(30)33-27(2,3)4)24(20)25(29)31-21-14-8-5-9-15-21/h5-16H,1,17-18H2,2-4H3/b10-6-,12-7-,28-23?. The number of ether oxygens (including phenoxy) is 3. The lowest BCUT2D eigenvalue weighted by Gasteiger charge is -2.20. The predicted molar refractivity (Wildman–Crippen MR) is 136 cm³/mol. The van der Waals surface area contributed by atoms with E-state index in [0.717, 1.165) is 9.95 Å². The minimum atomic E-state index is -0.906. The lowest BCUT2D eigenvalue weighted by Crippen LogP contribution is -2.27. The Bertz CT molecular complexity index is 1140. The van der Waals surface area contributed by atoms with E-state index in [-0.39, 0.29) is 11.3 Å². The molecule has 0 amide bonds. The van der Waals surface area contributed by atoms with Crippen LogP contribution in [-0.2, 0) is 11.2 Å². The number of aliphatic imine (C=N–C) groups is 1. The molecule has 0 N–H and O–H groups in total. The van der Waals surface area contributed by atoms with Gasteiger partial charge in [-0.3, -0.25) is 4.99 Å². The minimum Gasteiger partial charge on any atom is -0.428 e. The highest BCUT2D eigenvalue weighted by Crippen LogP contribution is 2.29. The summed E-state index contributed by atoms with van der Waals surface area (Å²) in [7, 11) is 0. The van der Waals surface area contributed by atoms with Crippen molar-refractivity contribution >= 4 is 28.9 Å². The number of para-hydroxylation sites is 1. The van der Waals surface area contributed by atoms with Gasteiger partial charge in [-0.1, -0.05) is 66.9 Å². The number of nitrogens with zero attached hydrogens (tertiary/aromatic N) is 1. The summed E-state index contributed by atoms with van der Waals surface area (Å²) >= 11 is 1.42. The van der Waals surface area contributed by atoms with Crippen molar-refractivity contribution in [1.82, 2.24) is 0 Å². The highest BCUT2D eigenvalue weighted by Gasteiger charge is 2.25. The average molecular weight is 478 g/mol. The number of hydrogen-bond donors (Lipinski definition) is 0. The highest BCUT2D eigenvalue weighted by molar-refractivity contribution is 8.17. The molecule has 0 unspecified atom stereocenters. The first-order valence-corrected chi connectivity index (χ1v) is 11.6. The zero-order valence-corrected chi connectivity index (χ0v) is 20.3. The van der Waals surface area contributed by atoms with Gasteiger partial charge >= 0.3 is 12.1 Å². The van der Waals surface area contributed by atoms with Gasteiger partial charge in [-0.2, -0.15) is 0 Å². The fraction of sp³-hybridized carbons (Fsp3) is 0.222. The number of esters is 1. The summed E-state index contributed by atoms with van der Waals surface area (Å²) in [6.07, 6.45) is 7.07. The molecule has 1 aliphatic rings. The molecule has 2 aromatic carbocycles. The van der Waals surface area contributed by atoms with E-state index < -0.39 is 17.7 Å². The van der Waals surface area contributed by atoms with E-state index in [1.807, 2.05) is 30.4 Å². The molecule has 1 heterocycles. The maximum absolute atomic E-state index is 13.3. The Morgan fingerprint density at radius 1 is 1.03 bits per heavy atom. The van der Waals surface area contributed by atoms with Crippen LogP contribution in [0.4, 0.5) is 4.79 Å². The smallest absolute Gasteiger partial charge is 0.428 e. The van der Waals surface area contributed by atoms with Crippen molar-refractivity contribution < 1.29 is 23.8 Å². The zero-order valence-electron chi connectivity index (χ0n) is 19.4. The number of carbonyl (C=O) groups is 2. The van der Waals surface area contributed by atoms with E-state index in [2.05, 4.69) is 11.6 Å². The molecule has 0 saturated heterocycles. The van der Waals surface area contributed by atoms with Crippen molar-refractivity contribution in [2.75, 3.05) is 6.54 Å². The Morgan fingerprint density at radius 2 is 1.79 bits per heavy atom. The molecule has 0 fully saturated rings. The van der Waals surface area contributed by atoms with Gasteiger partial charge < -0.3 is 14.2 Å². The van der Waals surface area contributed by atoms with Crippen molar-refractivity contribution in [1.29, 1.82) is 0 Å². The van der Waals surface area contributed by atoms with Crippen LogP contribution in [0, 0.1) is 0 Å². The van der Waals surface area contributed by atoms with Crippen molar-refractivity contribution in [3.63, 3.8) is 0 Å². The van der Waals surface area contributed by atoms with Gasteiger partial charge in [0.1, 0.15) is 22.7 Å². The molecule has 0 atom stereocenters. The molecular weight excluding hydrogens is 450 g/mol. The van der Waals surface area contributed by atoms with Crippen molar-refractivity contribution in [3.05, 3.63) is 95.4 Å². The monoisotopic (exact) mass is 477 g/mol. The molecule has 0 radical (unpaired) electrons. The maximum Gasteiger partial charge on any atom is 0.514 e. The number of carbonyl (C=O) groups excluding carboxylic acids is 2. The van der Waals surface area contributed by atoms with Crippen LogP contribution < -0.4 is 9.47 Å². The third-order valence-corrected chi connectivity index (χ3v) is 5.25. The summed E-state index contributed by atoms with van der Waals surface area (Å²) in [6, 6.07) is 13.7. The summed E-state index contributed by atoms with van der Waals surface area (Å²) in [5, 5.41) is 0.768. The fourth-order valence-electron chi connectivity index (χ4n) is 2.98. The van der Waals surface area contributed by atoms with Crippen molar-refractivity contribution in [3.8, 4) is 11.5 Å². The zero-order chi connectivity index (χ0) is 24.6. The van der Waals surface area contributed by atoms with Gasteiger partial charge in [0.2, 0.25) is 0 Å². The lowest BCUT2D eigenvalue weighted by atomic mass is 10.0. The normalized spacial score (nSPS) is 15.7. The Balaban J connectivity index is 1.96. The second-order valence-corrected chi connectivity index (χ2v) is 9.53. The molecule has 0 aliphatic carbocycles. The fourth-order valence-corrected chi connectivity index (χ4v) is 3.79. The molecule has 7 heteroatoms. The molecule has 176 valence electrons. The molecule has 0 saturated carbocycles. The molecule has 0 aromatic heterocycles. The van der Waals surface area contributed by atoms with Gasteiger partial charge in [0, 0.05) is 11.3 Å². The van der Waals surface area contributed by atoms with Crippen LogP contribution in [0.2, 0.25) is 0 Å². The van der Waals surface area contributed by atoms with Gasteiger partial charge in [0.05, 0.1) is 11.6 Å². The number of benzene rings is 2. The second kappa shape index (κ2) is 11.5. The van der Waals surface area contributed by atoms with Gasteiger partial charge in [-0.25, -0.2) is 9.59 Å². The number of hydrogen-bond acceptors (Lipinski definition) is 7. The summed E-state index contributed by atoms with van der Waals surface area (Å²) < 4.78 is 16.3. The van der Waals surface area contributed by atoms with E-state index in [9.17, 15) is 9.59 Å². The summed E-state index contributed by atoms with van der Waals surface area (Å²) in [5.74, 6) is -0.212. The Kier molecular flexibility index (Phi) is 8.49. The molecule has 1 aliphatic heterocycles. The van der Waals surface area contributed by atoms with E-state index in [0.29, 0.717) is 24.3 Å². The predicted octanol–water partition coefficient (Wildman–Crippen LogP) is 6.53. The minimum absolute atomic E-state index is 0.0555. The van der Waals surface area contributed by atoms with E-state index in [1.54, 1.807) is 57.2 Å². The lowest BCUT2D eigenvalue weighted by molar-refractivity contribution is 0.0204. The molecule has 3 rings (SSSR count). The topological polar surface area (TPSA) is 74.2 Å². The second-order valence-electron chi connectivity index (χ2n) is 8.33. The first-order valence-electron chi connectivity index (χ1n) is 10.7. The van der Waals surface area contributed by atoms with Crippen LogP contribution in [0.3, 0.4) is 0 Å². The Labute approximate surface area is 204 Å². The molecule has 2 aromatic rings. The Hall–Kier alpha value is -3.58. The van der Waals surface area contributed by atoms with Crippen molar-refractivity contribution in [2.45, 2.75) is 32.8 Å². The number of allylic oxidation sites excluding steroid dienone is 3. The van der Waals surface area contributed by atoms with Gasteiger partial charge in [0.15, 0.2) is 0 Å². The van der Waals surface area contributed by atoms with Crippen LogP contribution in [0.1, 0.15) is 36.7 Å². The quantitative estimate of drug-likeness (QED) is 0.277. The van der Waals surface area contributed by atoms with E-state index >= 15 is 0 Å². The SMILES string of the molecule is C=C1/C=C\C=C/CN=C(Cc2cccc(OC(=O)OC(C)(C)C)c2C(=O)Oc2ccccc2)S1. The van der Waals surface area contributed by atoms with E-state index in [4.69, 9.17) is 14.2 Å². The summed E-state index contributed by atoms with van der Waals surface area (Å²) in [5.41, 5.74) is -0.00545. The van der Waals surface area contributed by atoms with Gasteiger partial charge in [-0.05, 0) is 50.6 Å². The van der Waals surface area contributed by atoms with Crippen LogP contribution >= 0.6 is 11.8 Å². The van der Waals surface area contributed by atoms with Gasteiger partial charge in [0.25, 0.3) is 0 Å². The molecule has 6 nitrogen and oxygen atoms in total. The maximum atomic E-state index is 13.3. The number of rotatable bonds is 5. The first-order chi connectivity index (χ1) is 16.2. The summed E-state index contributed by atoms with van der Waals surface area (Å²) in [6.45, 7) is 9.74. The largest absolute Gasteiger partial charge is 0.514 e. The van der Waals surface area contributed by atoms with Crippen LogP contribution in [-0.4, -0.2) is 29.3 Å². The van der Waals surface area contributed by atoms with Crippen LogP contribution in [0.25, 0.3) is 0 Å². The third-order valence-electron chi connectivity index (χ3n) is 4.35. The molecular formula is C27H27NO5S. The Morgan fingerprint density at radius 3 is 2.53 bits per heavy atom. The first kappa shape index (κ1) is 25.1. The van der Waals surface area contributed by atoms with Crippen molar-refractivity contribution in [2.24, 2.45) is 4.99 Å². The van der Waals surface area contributed by atoms with Crippen LogP contribution in [0.15, 0.2) is 89.3 Å². The average Bonchev–Trinajstić information content (AvgIpc) is 2.85. The third kappa shape index (κ3) is 7.78. The molecule has 34 heavy (non-hydrogen) atoms.